The van der Waals surface area contributed by atoms with E-state index in [1.165, 1.54) is 19.2 Å². The minimum atomic E-state index is -1.07. The Balaban J connectivity index is 1.68. The molecule has 3 aromatic rings. The van der Waals surface area contributed by atoms with Crippen LogP contribution in [-0.4, -0.2) is 22.8 Å². The fraction of sp³-hybridized carbons (Fsp3) is 0.158. The van der Waals surface area contributed by atoms with Crippen LogP contribution in [0.3, 0.4) is 0 Å². The Hall–Kier alpha value is -3.22. The highest BCUT2D eigenvalue weighted by Gasteiger charge is 2.15. The Kier molecular flexibility index (Phi) is 5.26. The predicted molar refractivity (Wildman–Crippen MR) is 91.9 cm³/mol. The summed E-state index contributed by atoms with van der Waals surface area (Å²) in [7, 11) is 1.26. The molecule has 0 saturated carbocycles. The summed E-state index contributed by atoms with van der Waals surface area (Å²) in [6.45, 7) is 0.404. The number of rotatable bonds is 6. The van der Waals surface area contributed by atoms with Crippen LogP contribution in [0.1, 0.15) is 21.5 Å². The Labute approximate surface area is 149 Å². The molecule has 1 amide bonds. The molecular weight excluding hydrogens is 340 g/mol. The fourth-order valence-electron chi connectivity index (χ4n) is 2.54. The fourth-order valence-corrected chi connectivity index (χ4v) is 2.54. The first-order valence-corrected chi connectivity index (χ1v) is 7.94. The molecule has 1 aromatic heterocycles. The molecule has 1 heterocycles. The van der Waals surface area contributed by atoms with Gasteiger partial charge in [0, 0.05) is 30.1 Å². The maximum Gasteiger partial charge on any atom is 0.251 e. The van der Waals surface area contributed by atoms with Gasteiger partial charge in [-0.3, -0.25) is 9.48 Å². The zero-order chi connectivity index (χ0) is 18.5. The van der Waals surface area contributed by atoms with Crippen molar-refractivity contribution in [3.8, 4) is 5.75 Å². The smallest absolute Gasteiger partial charge is 0.251 e. The van der Waals surface area contributed by atoms with E-state index in [0.29, 0.717) is 12.1 Å². The Morgan fingerprint density at radius 3 is 2.77 bits per heavy atom. The van der Waals surface area contributed by atoms with Crippen molar-refractivity contribution in [3.63, 3.8) is 0 Å². The molecule has 0 aliphatic heterocycles. The van der Waals surface area contributed by atoms with Crippen LogP contribution >= 0.6 is 0 Å². The van der Waals surface area contributed by atoms with Crippen molar-refractivity contribution in [3.05, 3.63) is 83.2 Å². The lowest BCUT2D eigenvalue weighted by Gasteiger charge is -2.10. The number of halogens is 2. The number of hydrogen-bond acceptors (Lipinski definition) is 3. The number of ether oxygens (including phenoxy) is 1. The third-order valence-corrected chi connectivity index (χ3v) is 3.88. The van der Waals surface area contributed by atoms with Gasteiger partial charge in [0.2, 0.25) is 5.82 Å². The van der Waals surface area contributed by atoms with Crippen LogP contribution in [0.15, 0.2) is 54.9 Å². The zero-order valence-corrected chi connectivity index (χ0v) is 14.1. The Morgan fingerprint density at radius 2 is 2.04 bits per heavy atom. The monoisotopic (exact) mass is 357 g/mol. The third-order valence-electron chi connectivity index (χ3n) is 3.88. The van der Waals surface area contributed by atoms with E-state index >= 15 is 0 Å². The molecule has 0 fully saturated rings. The average Bonchev–Trinajstić information content (AvgIpc) is 3.16. The summed E-state index contributed by atoms with van der Waals surface area (Å²) < 4.78 is 34.1. The molecule has 0 aliphatic carbocycles. The molecule has 0 unspecified atom stereocenters. The molecule has 7 heteroatoms. The highest BCUT2D eigenvalue weighted by molar-refractivity contribution is 5.94. The van der Waals surface area contributed by atoms with Gasteiger partial charge in [-0.15, -0.1) is 0 Å². The van der Waals surface area contributed by atoms with Crippen molar-refractivity contribution in [2.45, 2.75) is 13.1 Å². The summed E-state index contributed by atoms with van der Waals surface area (Å²) in [4.78, 5) is 12.3. The van der Waals surface area contributed by atoms with Crippen molar-refractivity contribution < 1.29 is 18.3 Å². The topological polar surface area (TPSA) is 56.1 Å². The highest BCUT2D eigenvalue weighted by atomic mass is 19.2. The number of amides is 1. The molecule has 26 heavy (non-hydrogen) atoms. The molecule has 134 valence electrons. The molecule has 5 nitrogen and oxygen atoms in total. The molecule has 0 spiro atoms. The SMILES string of the molecule is COc1ccc(CNC(=O)c2cccc(Cn3cccn3)c2)c(F)c1F. The summed E-state index contributed by atoms with van der Waals surface area (Å²) in [6, 6.07) is 11.6. The summed E-state index contributed by atoms with van der Waals surface area (Å²) in [6.07, 6.45) is 3.51. The second-order valence-corrected chi connectivity index (χ2v) is 5.64. The molecule has 0 atom stereocenters. The van der Waals surface area contributed by atoms with Crippen LogP contribution < -0.4 is 10.1 Å². The van der Waals surface area contributed by atoms with Gasteiger partial charge in [-0.1, -0.05) is 18.2 Å². The molecule has 0 bridgehead atoms. The van der Waals surface area contributed by atoms with Crippen molar-refractivity contribution in [1.82, 2.24) is 15.1 Å². The van der Waals surface area contributed by atoms with E-state index < -0.39 is 11.6 Å². The summed E-state index contributed by atoms with van der Waals surface area (Å²) in [5.74, 6) is -2.65. The highest BCUT2D eigenvalue weighted by Crippen LogP contribution is 2.22. The lowest BCUT2D eigenvalue weighted by molar-refractivity contribution is 0.0950. The molecule has 1 N–H and O–H groups in total. The number of carbonyl (C=O) groups is 1. The number of carbonyl (C=O) groups excluding carboxylic acids is 1. The third kappa shape index (κ3) is 3.88. The van der Waals surface area contributed by atoms with Gasteiger partial charge in [-0.25, -0.2) is 4.39 Å². The van der Waals surface area contributed by atoms with Crippen molar-refractivity contribution in [2.24, 2.45) is 0 Å². The largest absolute Gasteiger partial charge is 0.494 e. The van der Waals surface area contributed by atoms with E-state index in [2.05, 4.69) is 10.4 Å². The Bertz CT molecular complexity index is 911. The molecule has 0 aliphatic rings. The normalized spacial score (nSPS) is 10.6. The van der Waals surface area contributed by atoms with E-state index in [4.69, 9.17) is 4.74 Å². The summed E-state index contributed by atoms with van der Waals surface area (Å²) >= 11 is 0. The van der Waals surface area contributed by atoms with Gasteiger partial charge in [0.1, 0.15) is 0 Å². The van der Waals surface area contributed by atoms with E-state index in [1.54, 1.807) is 29.1 Å². The van der Waals surface area contributed by atoms with Crippen LogP contribution in [0.25, 0.3) is 0 Å². The standard InChI is InChI=1S/C19H17F2N3O2/c1-26-16-7-6-15(17(20)18(16)21)11-22-19(25)14-5-2-4-13(10-14)12-24-9-3-8-23-24/h2-10H,11-12H2,1H3,(H,22,25). The average molecular weight is 357 g/mol. The quantitative estimate of drug-likeness (QED) is 0.737. The first-order valence-electron chi connectivity index (χ1n) is 7.94. The number of benzene rings is 2. The van der Waals surface area contributed by atoms with Crippen LogP contribution in [0.2, 0.25) is 0 Å². The van der Waals surface area contributed by atoms with Gasteiger partial charge in [0.05, 0.1) is 13.7 Å². The maximum absolute atomic E-state index is 14.0. The molecule has 0 saturated heterocycles. The number of nitrogens with one attached hydrogen (secondary N) is 1. The lowest BCUT2D eigenvalue weighted by Crippen LogP contribution is -2.23. The Morgan fingerprint density at radius 1 is 1.19 bits per heavy atom. The number of methoxy groups -OCH3 is 1. The predicted octanol–water partition coefficient (Wildman–Crippen LogP) is 3.15. The minimum Gasteiger partial charge on any atom is -0.494 e. The van der Waals surface area contributed by atoms with Crippen LogP contribution in [0, 0.1) is 11.6 Å². The van der Waals surface area contributed by atoms with Crippen LogP contribution in [0.4, 0.5) is 8.78 Å². The minimum absolute atomic E-state index is 0.0457. The molecule has 3 rings (SSSR count). The number of hydrogen-bond donors (Lipinski definition) is 1. The van der Waals surface area contributed by atoms with Crippen LogP contribution in [-0.2, 0) is 13.1 Å². The van der Waals surface area contributed by atoms with Gasteiger partial charge < -0.3 is 10.1 Å². The van der Waals surface area contributed by atoms with E-state index in [1.807, 2.05) is 18.3 Å². The second kappa shape index (κ2) is 7.77. The van der Waals surface area contributed by atoms with Crippen LogP contribution in [0.5, 0.6) is 5.75 Å². The molecular formula is C19H17F2N3O2. The molecule has 0 radical (unpaired) electrons. The lowest BCUT2D eigenvalue weighted by atomic mass is 10.1. The van der Waals surface area contributed by atoms with Gasteiger partial charge in [-0.2, -0.15) is 9.49 Å². The van der Waals surface area contributed by atoms with E-state index in [9.17, 15) is 13.6 Å². The van der Waals surface area contributed by atoms with E-state index in [-0.39, 0.29) is 23.8 Å². The van der Waals surface area contributed by atoms with Crippen molar-refractivity contribution >= 4 is 5.91 Å². The van der Waals surface area contributed by atoms with E-state index in [0.717, 1.165) is 5.56 Å². The first-order chi connectivity index (χ1) is 12.6. The summed E-state index contributed by atoms with van der Waals surface area (Å²) in [5, 5.41) is 6.72. The number of aromatic nitrogens is 2. The first kappa shape index (κ1) is 17.6. The van der Waals surface area contributed by atoms with Crippen molar-refractivity contribution in [2.75, 3.05) is 7.11 Å². The van der Waals surface area contributed by atoms with Gasteiger partial charge in [-0.05, 0) is 29.8 Å². The van der Waals surface area contributed by atoms with Gasteiger partial charge in [0.15, 0.2) is 11.6 Å². The molecule has 2 aromatic carbocycles. The summed E-state index contributed by atoms with van der Waals surface area (Å²) in [5.41, 5.74) is 1.39. The van der Waals surface area contributed by atoms with Gasteiger partial charge in [0.25, 0.3) is 5.91 Å². The number of nitrogens with zero attached hydrogens (tertiary/aromatic N) is 2. The zero-order valence-electron chi connectivity index (χ0n) is 14.1. The van der Waals surface area contributed by atoms with Crippen molar-refractivity contribution in [1.29, 1.82) is 0 Å². The maximum atomic E-state index is 14.0. The van der Waals surface area contributed by atoms with Gasteiger partial charge >= 0.3 is 0 Å². The second-order valence-electron chi connectivity index (χ2n) is 5.64.